The van der Waals surface area contributed by atoms with Crippen molar-refractivity contribution >= 4 is 11.6 Å². The van der Waals surface area contributed by atoms with Gasteiger partial charge in [-0.25, -0.2) is 0 Å². The van der Waals surface area contributed by atoms with Crippen LogP contribution in [-0.4, -0.2) is 25.3 Å². The number of methoxy groups -OCH3 is 1. The zero-order valence-electron chi connectivity index (χ0n) is 7.98. The number of hydrogen-bond donors (Lipinski definition) is 0. The molecule has 1 aliphatic rings. The maximum Gasteiger partial charge on any atom is 0.392 e. The predicted molar refractivity (Wildman–Crippen MR) is 48.4 cm³/mol. The molecule has 0 spiro atoms. The lowest BCUT2D eigenvalue weighted by Crippen LogP contribution is -2.38. The van der Waals surface area contributed by atoms with Crippen LogP contribution in [0.15, 0.2) is 0 Å². The van der Waals surface area contributed by atoms with Gasteiger partial charge in [0.1, 0.15) is 0 Å². The highest BCUT2D eigenvalue weighted by atomic mass is 35.5. The maximum absolute atomic E-state index is 12.5. The van der Waals surface area contributed by atoms with E-state index in [1.54, 1.807) is 0 Å². The second-order valence-electron chi connectivity index (χ2n) is 3.77. The van der Waals surface area contributed by atoms with Crippen LogP contribution in [0.25, 0.3) is 0 Å². The van der Waals surface area contributed by atoms with E-state index < -0.39 is 18.0 Å². The largest absolute Gasteiger partial charge is 0.392 e. The van der Waals surface area contributed by atoms with Crippen molar-refractivity contribution in [1.82, 2.24) is 0 Å². The molecule has 0 amide bonds. The fourth-order valence-corrected chi connectivity index (χ4v) is 2.39. The summed E-state index contributed by atoms with van der Waals surface area (Å²) in [4.78, 5) is 0. The average molecular weight is 231 g/mol. The van der Waals surface area contributed by atoms with Crippen molar-refractivity contribution in [2.45, 2.75) is 30.8 Å². The molecule has 1 fully saturated rings. The van der Waals surface area contributed by atoms with E-state index in [0.717, 1.165) is 0 Å². The molecule has 0 bridgehead atoms. The lowest BCUT2D eigenvalue weighted by atomic mass is 9.79. The molecule has 14 heavy (non-hydrogen) atoms. The molecule has 3 atom stereocenters. The van der Waals surface area contributed by atoms with Crippen LogP contribution in [0.2, 0.25) is 0 Å². The molecule has 1 rings (SSSR count). The maximum atomic E-state index is 12.5. The zero-order chi connectivity index (χ0) is 10.8. The number of ether oxygens (including phenoxy) is 1. The number of rotatable bonds is 2. The van der Waals surface area contributed by atoms with Crippen molar-refractivity contribution in [3.05, 3.63) is 0 Å². The van der Waals surface area contributed by atoms with Gasteiger partial charge in [0.25, 0.3) is 0 Å². The molecule has 0 radical (unpaired) electrons. The van der Waals surface area contributed by atoms with Gasteiger partial charge in [-0.15, -0.1) is 11.6 Å². The van der Waals surface area contributed by atoms with Gasteiger partial charge in [-0.2, -0.15) is 13.2 Å². The van der Waals surface area contributed by atoms with E-state index in [4.69, 9.17) is 16.3 Å². The zero-order valence-corrected chi connectivity index (χ0v) is 8.74. The summed E-state index contributed by atoms with van der Waals surface area (Å²) in [6.07, 6.45) is -3.13. The van der Waals surface area contributed by atoms with Gasteiger partial charge in [0.15, 0.2) is 0 Å². The van der Waals surface area contributed by atoms with Crippen LogP contribution in [0.1, 0.15) is 19.3 Å². The summed E-state index contributed by atoms with van der Waals surface area (Å²) < 4.78 is 42.4. The first-order valence-electron chi connectivity index (χ1n) is 4.65. The molecule has 3 unspecified atom stereocenters. The van der Waals surface area contributed by atoms with Crippen molar-refractivity contribution in [3.63, 3.8) is 0 Å². The molecule has 0 saturated heterocycles. The van der Waals surface area contributed by atoms with Crippen LogP contribution in [0, 0.1) is 11.8 Å². The molecule has 0 aromatic rings. The summed E-state index contributed by atoms with van der Waals surface area (Å²) >= 11 is 5.84. The molecule has 0 aromatic heterocycles. The Labute approximate surface area is 86.6 Å². The Morgan fingerprint density at radius 3 is 2.50 bits per heavy atom. The Morgan fingerprint density at radius 1 is 1.36 bits per heavy atom. The van der Waals surface area contributed by atoms with Crippen LogP contribution in [0.3, 0.4) is 0 Å². The van der Waals surface area contributed by atoms with Crippen molar-refractivity contribution in [2.75, 3.05) is 13.7 Å². The van der Waals surface area contributed by atoms with Crippen molar-refractivity contribution < 1.29 is 17.9 Å². The molecular weight excluding hydrogens is 217 g/mol. The molecule has 0 heterocycles. The van der Waals surface area contributed by atoms with Crippen LogP contribution in [0.5, 0.6) is 0 Å². The number of hydrogen-bond acceptors (Lipinski definition) is 1. The molecule has 0 aromatic carbocycles. The minimum absolute atomic E-state index is 0.131. The third-order valence-corrected chi connectivity index (χ3v) is 3.12. The van der Waals surface area contributed by atoms with E-state index >= 15 is 0 Å². The van der Waals surface area contributed by atoms with Gasteiger partial charge < -0.3 is 4.74 Å². The SMILES string of the molecule is COCC1CC(Cl)CCC1C(F)(F)F. The summed E-state index contributed by atoms with van der Waals surface area (Å²) in [5.74, 6) is -1.71. The Morgan fingerprint density at radius 2 is 2.00 bits per heavy atom. The topological polar surface area (TPSA) is 9.23 Å². The monoisotopic (exact) mass is 230 g/mol. The Kier molecular flexibility index (Phi) is 4.07. The van der Waals surface area contributed by atoms with E-state index in [1.165, 1.54) is 7.11 Å². The Balaban J connectivity index is 2.62. The van der Waals surface area contributed by atoms with Gasteiger partial charge in [0.2, 0.25) is 0 Å². The summed E-state index contributed by atoms with van der Waals surface area (Å²) in [5.41, 5.74) is 0. The van der Waals surface area contributed by atoms with Gasteiger partial charge in [0, 0.05) is 19.1 Å². The van der Waals surface area contributed by atoms with Gasteiger partial charge in [-0.3, -0.25) is 0 Å². The Hall–Kier alpha value is 0.0400. The predicted octanol–water partition coefficient (Wildman–Crippen LogP) is 3.22. The highest BCUT2D eigenvalue weighted by Crippen LogP contribution is 2.42. The van der Waals surface area contributed by atoms with Gasteiger partial charge in [-0.05, 0) is 25.2 Å². The van der Waals surface area contributed by atoms with Crippen LogP contribution in [0.4, 0.5) is 13.2 Å². The summed E-state index contributed by atoms with van der Waals surface area (Å²) in [6.45, 7) is 0.146. The normalized spacial score (nSPS) is 34.5. The molecular formula is C9H14ClF3O. The van der Waals surface area contributed by atoms with E-state index in [1.807, 2.05) is 0 Å². The minimum atomic E-state index is -4.11. The molecule has 1 saturated carbocycles. The van der Waals surface area contributed by atoms with Crippen LogP contribution in [-0.2, 0) is 4.74 Å². The van der Waals surface area contributed by atoms with Gasteiger partial charge in [0.05, 0.1) is 5.92 Å². The molecule has 0 aliphatic heterocycles. The lowest BCUT2D eigenvalue weighted by Gasteiger charge is -2.34. The minimum Gasteiger partial charge on any atom is -0.384 e. The fraction of sp³-hybridized carbons (Fsp3) is 1.00. The molecule has 0 N–H and O–H groups in total. The van der Waals surface area contributed by atoms with Crippen molar-refractivity contribution in [2.24, 2.45) is 11.8 Å². The molecule has 84 valence electrons. The van der Waals surface area contributed by atoms with Crippen molar-refractivity contribution in [1.29, 1.82) is 0 Å². The highest BCUT2D eigenvalue weighted by Gasteiger charge is 2.46. The third-order valence-electron chi connectivity index (χ3n) is 2.72. The van der Waals surface area contributed by atoms with Crippen molar-refractivity contribution in [3.8, 4) is 0 Å². The lowest BCUT2D eigenvalue weighted by molar-refractivity contribution is -0.200. The van der Waals surface area contributed by atoms with Gasteiger partial charge in [-0.1, -0.05) is 0 Å². The first kappa shape index (κ1) is 12.1. The first-order chi connectivity index (χ1) is 6.45. The number of alkyl halides is 4. The highest BCUT2D eigenvalue weighted by molar-refractivity contribution is 6.20. The fourth-order valence-electron chi connectivity index (χ4n) is 2.04. The second kappa shape index (κ2) is 4.71. The molecule has 1 aliphatic carbocycles. The smallest absolute Gasteiger partial charge is 0.384 e. The van der Waals surface area contributed by atoms with E-state index in [9.17, 15) is 13.2 Å². The standard InChI is InChI=1S/C9H14ClF3O/c1-14-5-6-4-7(10)2-3-8(6)9(11,12)13/h6-8H,2-5H2,1H3. The average Bonchev–Trinajstić information content (AvgIpc) is 2.02. The van der Waals surface area contributed by atoms with E-state index in [-0.39, 0.29) is 18.4 Å². The van der Waals surface area contributed by atoms with E-state index in [2.05, 4.69) is 0 Å². The number of halogens is 4. The van der Waals surface area contributed by atoms with Crippen LogP contribution < -0.4 is 0 Å². The second-order valence-corrected chi connectivity index (χ2v) is 4.39. The summed E-state index contributed by atoms with van der Waals surface area (Å²) in [5, 5.41) is -0.131. The van der Waals surface area contributed by atoms with Gasteiger partial charge >= 0.3 is 6.18 Å². The molecule has 1 nitrogen and oxygen atoms in total. The van der Waals surface area contributed by atoms with Crippen LogP contribution >= 0.6 is 11.6 Å². The summed E-state index contributed by atoms with van der Waals surface area (Å²) in [6, 6.07) is 0. The Bertz CT molecular complexity index is 183. The molecule has 5 heteroatoms. The quantitative estimate of drug-likeness (QED) is 0.662. The third kappa shape index (κ3) is 3.02. The summed E-state index contributed by atoms with van der Waals surface area (Å²) in [7, 11) is 1.42. The first-order valence-corrected chi connectivity index (χ1v) is 5.08. The van der Waals surface area contributed by atoms with E-state index in [0.29, 0.717) is 12.8 Å².